The van der Waals surface area contributed by atoms with Crippen LogP contribution >= 0.6 is 0 Å². The molecule has 0 amide bonds. The van der Waals surface area contributed by atoms with Gasteiger partial charge < -0.3 is 9.72 Å². The zero-order valence-corrected chi connectivity index (χ0v) is 9.17. The highest BCUT2D eigenvalue weighted by atomic mass is 16.5. The number of pyridine rings is 1. The van der Waals surface area contributed by atoms with Gasteiger partial charge in [0, 0.05) is 11.8 Å². The topological polar surface area (TPSA) is 42.1 Å². The molecule has 2 heterocycles. The van der Waals surface area contributed by atoms with Gasteiger partial charge in [-0.05, 0) is 24.1 Å². The number of benzene rings is 1. The van der Waals surface area contributed by atoms with Crippen molar-refractivity contribution in [2.45, 2.75) is 19.8 Å². The van der Waals surface area contributed by atoms with Crippen LogP contribution in [0, 0.1) is 0 Å². The van der Waals surface area contributed by atoms with E-state index in [9.17, 15) is 4.79 Å². The summed E-state index contributed by atoms with van der Waals surface area (Å²) in [5, 5.41) is 1.02. The van der Waals surface area contributed by atoms with Crippen molar-refractivity contribution >= 4 is 10.9 Å². The van der Waals surface area contributed by atoms with E-state index < -0.39 is 0 Å². The Morgan fingerprint density at radius 1 is 1.44 bits per heavy atom. The lowest BCUT2D eigenvalue weighted by molar-refractivity contribution is 0.360. The molecule has 3 rings (SSSR count). The van der Waals surface area contributed by atoms with Crippen molar-refractivity contribution in [1.29, 1.82) is 0 Å². The second-order valence-corrected chi connectivity index (χ2v) is 4.09. The largest absolute Gasteiger partial charge is 0.492 e. The molecule has 3 nitrogen and oxygen atoms in total. The summed E-state index contributed by atoms with van der Waals surface area (Å²) in [6, 6.07) is 6.15. The number of aryl methyl sites for hydroxylation is 1. The van der Waals surface area contributed by atoms with E-state index in [4.69, 9.17) is 4.74 Å². The predicted molar refractivity (Wildman–Crippen MR) is 63.1 cm³/mol. The second kappa shape index (κ2) is 3.37. The van der Waals surface area contributed by atoms with Gasteiger partial charge >= 0.3 is 0 Å². The summed E-state index contributed by atoms with van der Waals surface area (Å²) in [6.45, 7) is 2.72. The monoisotopic (exact) mass is 215 g/mol. The van der Waals surface area contributed by atoms with E-state index in [2.05, 4.69) is 18.0 Å². The minimum Gasteiger partial charge on any atom is -0.492 e. The molecule has 0 fully saturated rings. The third-order valence-corrected chi connectivity index (χ3v) is 3.13. The van der Waals surface area contributed by atoms with Crippen molar-refractivity contribution in [2.75, 3.05) is 6.61 Å². The molecule has 3 heteroatoms. The van der Waals surface area contributed by atoms with Gasteiger partial charge in [-0.25, -0.2) is 0 Å². The molecular formula is C13H13NO2. The maximum absolute atomic E-state index is 11.8. The second-order valence-electron chi connectivity index (χ2n) is 4.09. The van der Waals surface area contributed by atoms with Crippen molar-refractivity contribution in [3.63, 3.8) is 0 Å². The average molecular weight is 215 g/mol. The smallest absolute Gasteiger partial charge is 0.255 e. The quantitative estimate of drug-likeness (QED) is 0.790. The first-order valence-corrected chi connectivity index (χ1v) is 5.60. The van der Waals surface area contributed by atoms with E-state index >= 15 is 0 Å². The van der Waals surface area contributed by atoms with Gasteiger partial charge in [-0.15, -0.1) is 0 Å². The van der Waals surface area contributed by atoms with Gasteiger partial charge in [-0.2, -0.15) is 0 Å². The lowest BCUT2D eigenvalue weighted by Gasteiger charge is -2.05. The number of H-pyrrole nitrogens is 1. The molecule has 0 atom stereocenters. The molecule has 0 saturated carbocycles. The van der Waals surface area contributed by atoms with E-state index in [1.165, 1.54) is 5.56 Å². The molecule has 1 aromatic carbocycles. The minimum atomic E-state index is -0.00625. The fraction of sp³-hybridized carbons (Fsp3) is 0.308. The van der Waals surface area contributed by atoms with E-state index in [1.54, 1.807) is 0 Å². The van der Waals surface area contributed by atoms with Crippen LogP contribution in [0.4, 0.5) is 0 Å². The van der Waals surface area contributed by atoms with Crippen LogP contribution in [-0.2, 0) is 12.8 Å². The highest BCUT2D eigenvalue weighted by Gasteiger charge is 2.19. The first kappa shape index (κ1) is 9.46. The highest BCUT2D eigenvalue weighted by molar-refractivity contribution is 5.87. The fourth-order valence-corrected chi connectivity index (χ4v) is 2.22. The Morgan fingerprint density at radius 2 is 2.31 bits per heavy atom. The fourth-order valence-electron chi connectivity index (χ4n) is 2.22. The third kappa shape index (κ3) is 1.24. The van der Waals surface area contributed by atoms with E-state index in [0.29, 0.717) is 6.61 Å². The number of aromatic nitrogens is 1. The summed E-state index contributed by atoms with van der Waals surface area (Å²) >= 11 is 0. The van der Waals surface area contributed by atoms with Crippen molar-refractivity contribution in [3.8, 4) is 5.75 Å². The third-order valence-electron chi connectivity index (χ3n) is 3.13. The molecule has 2 aromatic rings. The highest BCUT2D eigenvalue weighted by Crippen LogP contribution is 2.30. The van der Waals surface area contributed by atoms with E-state index in [0.717, 1.165) is 35.1 Å². The molecule has 0 saturated heterocycles. The van der Waals surface area contributed by atoms with Crippen molar-refractivity contribution in [2.24, 2.45) is 0 Å². The van der Waals surface area contributed by atoms with Crippen LogP contribution in [0.5, 0.6) is 5.75 Å². The molecule has 1 N–H and O–H groups in total. The molecule has 1 aliphatic heterocycles. The molecule has 1 aromatic heterocycles. The van der Waals surface area contributed by atoms with Crippen LogP contribution in [0.3, 0.4) is 0 Å². The molecule has 0 spiro atoms. The Kier molecular flexibility index (Phi) is 1.99. The summed E-state index contributed by atoms with van der Waals surface area (Å²) in [5.41, 5.74) is 2.89. The number of aromatic amines is 1. The summed E-state index contributed by atoms with van der Waals surface area (Å²) in [5.74, 6) is 0.779. The van der Waals surface area contributed by atoms with Crippen LogP contribution < -0.4 is 10.3 Å². The van der Waals surface area contributed by atoms with E-state index in [-0.39, 0.29) is 5.56 Å². The van der Waals surface area contributed by atoms with Gasteiger partial charge in [0.15, 0.2) is 0 Å². The number of rotatable bonds is 1. The molecule has 0 aliphatic carbocycles. The summed E-state index contributed by atoms with van der Waals surface area (Å²) in [4.78, 5) is 14.7. The van der Waals surface area contributed by atoms with Crippen molar-refractivity contribution in [3.05, 3.63) is 39.7 Å². The minimum absolute atomic E-state index is 0.00625. The number of ether oxygens (including phenoxy) is 1. The Bertz CT molecular complexity index is 613. The van der Waals surface area contributed by atoms with Gasteiger partial charge in [-0.3, -0.25) is 4.79 Å². The van der Waals surface area contributed by atoms with Crippen molar-refractivity contribution in [1.82, 2.24) is 4.98 Å². The van der Waals surface area contributed by atoms with Crippen molar-refractivity contribution < 1.29 is 4.74 Å². The lowest BCUT2D eigenvalue weighted by Crippen LogP contribution is -2.10. The van der Waals surface area contributed by atoms with Gasteiger partial charge in [0.05, 0.1) is 17.7 Å². The Balaban J connectivity index is 2.38. The average Bonchev–Trinajstić information content (AvgIpc) is 2.78. The zero-order chi connectivity index (χ0) is 11.1. The number of fused-ring (bicyclic) bond motifs is 3. The molecule has 1 aliphatic rings. The maximum Gasteiger partial charge on any atom is 0.255 e. The molecular weight excluding hydrogens is 202 g/mol. The normalized spacial score (nSPS) is 13.8. The Labute approximate surface area is 93.1 Å². The van der Waals surface area contributed by atoms with Crippen LogP contribution in [0.1, 0.15) is 18.1 Å². The molecule has 0 radical (unpaired) electrons. The Hall–Kier alpha value is -1.77. The summed E-state index contributed by atoms with van der Waals surface area (Å²) in [7, 11) is 0. The maximum atomic E-state index is 11.8. The first-order chi connectivity index (χ1) is 7.79. The number of hydrogen-bond acceptors (Lipinski definition) is 2. The number of hydrogen-bond donors (Lipinski definition) is 1. The Morgan fingerprint density at radius 3 is 3.12 bits per heavy atom. The van der Waals surface area contributed by atoms with Crippen LogP contribution in [0.25, 0.3) is 10.9 Å². The molecule has 82 valence electrons. The summed E-state index contributed by atoms with van der Waals surface area (Å²) < 4.78 is 5.55. The van der Waals surface area contributed by atoms with E-state index in [1.807, 2.05) is 12.1 Å². The molecule has 0 unspecified atom stereocenters. The summed E-state index contributed by atoms with van der Waals surface area (Å²) in [6.07, 6.45) is 1.69. The zero-order valence-electron chi connectivity index (χ0n) is 9.17. The predicted octanol–water partition coefficient (Wildman–Crippen LogP) is 2.03. The van der Waals surface area contributed by atoms with Crippen LogP contribution in [-0.4, -0.2) is 11.6 Å². The molecule has 16 heavy (non-hydrogen) atoms. The van der Waals surface area contributed by atoms with Crippen LogP contribution in [0.15, 0.2) is 23.0 Å². The van der Waals surface area contributed by atoms with Gasteiger partial charge in [-0.1, -0.05) is 13.0 Å². The lowest BCUT2D eigenvalue weighted by atomic mass is 10.1. The SMILES string of the molecule is CCc1ccc2c3c(c(=O)[nH]c2c1)CCO3. The van der Waals surface area contributed by atoms with Crippen LogP contribution in [0.2, 0.25) is 0 Å². The van der Waals surface area contributed by atoms with Gasteiger partial charge in [0.25, 0.3) is 5.56 Å². The van der Waals surface area contributed by atoms with Gasteiger partial charge in [0.1, 0.15) is 5.75 Å². The molecule has 0 bridgehead atoms. The van der Waals surface area contributed by atoms with Gasteiger partial charge in [0.2, 0.25) is 0 Å². The first-order valence-electron chi connectivity index (χ1n) is 5.60. The standard InChI is InChI=1S/C13H13NO2/c1-2-8-3-4-9-11(7-8)14-13(15)10-5-6-16-12(9)10/h3-4,7H,2,5-6H2,1H3,(H,14,15). The number of nitrogens with one attached hydrogen (secondary N) is 1.